The van der Waals surface area contributed by atoms with Gasteiger partial charge in [-0.1, -0.05) is 13.0 Å². The minimum atomic E-state index is -4.29. The van der Waals surface area contributed by atoms with E-state index >= 15 is 0 Å². The summed E-state index contributed by atoms with van der Waals surface area (Å²) in [5, 5.41) is 7.58. The van der Waals surface area contributed by atoms with Crippen LogP contribution in [0.25, 0.3) is 0 Å². The first-order valence-electron chi connectivity index (χ1n) is 5.64. The number of nitrogens with one attached hydrogen (secondary N) is 1. The van der Waals surface area contributed by atoms with Gasteiger partial charge < -0.3 is 10.6 Å². The number of hydrogen-bond donors (Lipinski definition) is 2. The molecule has 0 saturated heterocycles. The van der Waals surface area contributed by atoms with Gasteiger partial charge in [-0.05, 0) is 17.9 Å². The SMILES string of the molecule is CCSc1cccc(N(C)CC(F)(F)F)c1C(=N)N. The molecule has 0 heterocycles. The maximum atomic E-state index is 12.4. The fourth-order valence-corrected chi connectivity index (χ4v) is 2.58. The Morgan fingerprint density at radius 2 is 2.05 bits per heavy atom. The first-order chi connectivity index (χ1) is 8.76. The molecule has 0 fully saturated rings. The average molecular weight is 291 g/mol. The summed E-state index contributed by atoms with van der Waals surface area (Å²) in [5.74, 6) is 0.535. The number of halogens is 3. The lowest BCUT2D eigenvalue weighted by molar-refractivity contribution is -0.119. The lowest BCUT2D eigenvalue weighted by Gasteiger charge is -2.24. The van der Waals surface area contributed by atoms with E-state index in [0.29, 0.717) is 11.3 Å². The third-order valence-corrected chi connectivity index (χ3v) is 3.34. The van der Waals surface area contributed by atoms with Crippen LogP contribution in [0.5, 0.6) is 0 Å². The summed E-state index contributed by atoms with van der Waals surface area (Å²) in [5.41, 5.74) is 6.19. The van der Waals surface area contributed by atoms with E-state index in [1.165, 1.54) is 18.8 Å². The van der Waals surface area contributed by atoms with Crippen LogP contribution in [-0.4, -0.2) is 31.4 Å². The third-order valence-electron chi connectivity index (χ3n) is 2.40. The first-order valence-corrected chi connectivity index (χ1v) is 6.63. The molecule has 3 nitrogen and oxygen atoms in total. The van der Waals surface area contributed by atoms with Crippen LogP contribution in [0, 0.1) is 5.41 Å². The highest BCUT2D eigenvalue weighted by atomic mass is 32.2. The highest BCUT2D eigenvalue weighted by Gasteiger charge is 2.30. The fourth-order valence-electron chi connectivity index (χ4n) is 1.74. The predicted molar refractivity (Wildman–Crippen MR) is 73.2 cm³/mol. The lowest BCUT2D eigenvalue weighted by Crippen LogP contribution is -2.32. The Balaban J connectivity index is 3.19. The molecule has 0 atom stereocenters. The summed E-state index contributed by atoms with van der Waals surface area (Å²) in [7, 11) is 1.34. The smallest absolute Gasteiger partial charge is 0.384 e. The van der Waals surface area contributed by atoms with Gasteiger partial charge in [-0.25, -0.2) is 0 Å². The van der Waals surface area contributed by atoms with Crippen molar-refractivity contribution in [2.24, 2.45) is 5.73 Å². The topological polar surface area (TPSA) is 53.1 Å². The Bertz CT molecular complexity index is 460. The number of anilines is 1. The van der Waals surface area contributed by atoms with Gasteiger partial charge in [0, 0.05) is 17.6 Å². The molecule has 1 aromatic carbocycles. The van der Waals surface area contributed by atoms with E-state index in [4.69, 9.17) is 11.1 Å². The van der Waals surface area contributed by atoms with E-state index in [9.17, 15) is 13.2 Å². The molecule has 0 unspecified atom stereocenters. The number of thioether (sulfide) groups is 1. The van der Waals surface area contributed by atoms with Crippen molar-refractivity contribution in [3.05, 3.63) is 23.8 Å². The number of nitrogens with two attached hydrogens (primary N) is 1. The zero-order chi connectivity index (χ0) is 14.6. The molecule has 0 spiro atoms. The summed E-state index contributed by atoms with van der Waals surface area (Å²) in [6.07, 6.45) is -4.29. The maximum Gasteiger partial charge on any atom is 0.405 e. The summed E-state index contributed by atoms with van der Waals surface area (Å²) in [4.78, 5) is 1.79. The average Bonchev–Trinajstić information content (AvgIpc) is 2.26. The Morgan fingerprint density at radius 3 is 2.53 bits per heavy atom. The quantitative estimate of drug-likeness (QED) is 0.498. The molecule has 7 heteroatoms. The number of hydrogen-bond acceptors (Lipinski definition) is 3. The second kappa shape index (κ2) is 6.18. The van der Waals surface area contributed by atoms with Crippen LogP contribution in [0.4, 0.5) is 18.9 Å². The van der Waals surface area contributed by atoms with Crippen LogP contribution < -0.4 is 10.6 Å². The fraction of sp³-hybridized carbons (Fsp3) is 0.417. The van der Waals surface area contributed by atoms with E-state index in [1.807, 2.05) is 6.92 Å². The molecule has 0 saturated carbocycles. The molecule has 0 bridgehead atoms. The second-order valence-corrected chi connectivity index (χ2v) is 5.27. The zero-order valence-corrected chi connectivity index (χ0v) is 11.5. The van der Waals surface area contributed by atoms with Crippen molar-refractivity contribution in [3.63, 3.8) is 0 Å². The van der Waals surface area contributed by atoms with E-state index in [2.05, 4.69) is 0 Å². The lowest BCUT2D eigenvalue weighted by atomic mass is 10.1. The number of nitrogen functional groups attached to an aromatic ring is 1. The molecule has 1 aromatic rings. The number of alkyl halides is 3. The molecular weight excluding hydrogens is 275 g/mol. The van der Waals surface area contributed by atoms with Gasteiger partial charge in [0.2, 0.25) is 0 Å². The van der Waals surface area contributed by atoms with Gasteiger partial charge >= 0.3 is 6.18 Å². The van der Waals surface area contributed by atoms with Gasteiger partial charge in [0.15, 0.2) is 0 Å². The molecule has 0 aromatic heterocycles. The van der Waals surface area contributed by atoms with Crippen LogP contribution >= 0.6 is 11.8 Å². The van der Waals surface area contributed by atoms with Crippen molar-refractivity contribution in [1.82, 2.24) is 0 Å². The second-order valence-electron chi connectivity index (χ2n) is 3.97. The van der Waals surface area contributed by atoms with Gasteiger partial charge in [-0.15, -0.1) is 11.8 Å². The van der Waals surface area contributed by atoms with Crippen molar-refractivity contribution in [3.8, 4) is 0 Å². The maximum absolute atomic E-state index is 12.4. The van der Waals surface area contributed by atoms with E-state index in [1.54, 1.807) is 18.2 Å². The van der Waals surface area contributed by atoms with E-state index in [-0.39, 0.29) is 5.84 Å². The molecule has 0 radical (unpaired) electrons. The minimum Gasteiger partial charge on any atom is -0.384 e. The van der Waals surface area contributed by atoms with Gasteiger partial charge in [-0.2, -0.15) is 13.2 Å². The highest BCUT2D eigenvalue weighted by molar-refractivity contribution is 7.99. The molecule has 1 rings (SSSR count). The monoisotopic (exact) mass is 291 g/mol. The van der Waals surface area contributed by atoms with Crippen molar-refractivity contribution in [2.75, 3.05) is 24.2 Å². The highest BCUT2D eigenvalue weighted by Crippen LogP contribution is 2.31. The van der Waals surface area contributed by atoms with Crippen LogP contribution in [0.3, 0.4) is 0 Å². The zero-order valence-electron chi connectivity index (χ0n) is 10.7. The normalized spacial score (nSPS) is 11.4. The van der Waals surface area contributed by atoms with E-state index in [0.717, 1.165) is 15.5 Å². The van der Waals surface area contributed by atoms with Crippen molar-refractivity contribution in [2.45, 2.75) is 18.0 Å². The number of rotatable bonds is 5. The predicted octanol–water partition coefficient (Wildman–Crippen LogP) is 3.08. The standard InChI is InChI=1S/C12H16F3N3S/c1-3-19-9-6-4-5-8(10(9)11(16)17)18(2)7-12(13,14)15/h4-6H,3,7H2,1-2H3,(H3,16,17). The van der Waals surface area contributed by atoms with Gasteiger partial charge in [0.25, 0.3) is 0 Å². The number of nitrogens with zero attached hydrogens (tertiary/aromatic N) is 1. The summed E-state index contributed by atoms with van der Waals surface area (Å²) in [6, 6.07) is 4.98. The van der Waals surface area contributed by atoms with Crippen LogP contribution in [0.2, 0.25) is 0 Å². The van der Waals surface area contributed by atoms with Crippen molar-refractivity contribution < 1.29 is 13.2 Å². The molecule has 0 aliphatic rings. The van der Waals surface area contributed by atoms with Crippen LogP contribution in [0.15, 0.2) is 23.1 Å². The Kier molecular flexibility index (Phi) is 5.11. The molecule has 0 amide bonds. The van der Waals surface area contributed by atoms with Crippen LogP contribution in [0.1, 0.15) is 12.5 Å². The van der Waals surface area contributed by atoms with Gasteiger partial charge in [-0.3, -0.25) is 5.41 Å². The summed E-state index contributed by atoms with van der Waals surface area (Å²) >= 11 is 1.45. The molecule has 0 aliphatic heterocycles. The first kappa shape index (κ1) is 15.7. The molecule has 106 valence electrons. The minimum absolute atomic E-state index is 0.222. The van der Waals surface area contributed by atoms with Crippen molar-refractivity contribution >= 4 is 23.3 Å². The van der Waals surface area contributed by atoms with Crippen LogP contribution in [-0.2, 0) is 0 Å². The molecule has 3 N–H and O–H groups in total. The van der Waals surface area contributed by atoms with Crippen molar-refractivity contribution in [1.29, 1.82) is 5.41 Å². The summed E-state index contributed by atoms with van der Waals surface area (Å²) in [6.45, 7) is 0.855. The summed E-state index contributed by atoms with van der Waals surface area (Å²) < 4.78 is 37.3. The third kappa shape index (κ3) is 4.34. The van der Waals surface area contributed by atoms with Gasteiger partial charge in [0.1, 0.15) is 12.4 Å². The Labute approximate surface area is 114 Å². The van der Waals surface area contributed by atoms with E-state index < -0.39 is 12.7 Å². The Hall–Kier alpha value is -1.37. The molecule has 0 aliphatic carbocycles. The largest absolute Gasteiger partial charge is 0.405 e. The number of benzene rings is 1. The Morgan fingerprint density at radius 1 is 1.42 bits per heavy atom. The molecule has 19 heavy (non-hydrogen) atoms. The molecular formula is C12H16F3N3S. The number of amidine groups is 1. The van der Waals surface area contributed by atoms with Gasteiger partial charge in [0.05, 0.1) is 5.56 Å².